The molecule has 0 radical (unpaired) electrons. The lowest BCUT2D eigenvalue weighted by Gasteiger charge is -2.11. The van der Waals surface area contributed by atoms with E-state index >= 15 is 0 Å². The number of aromatic nitrogens is 3. The standard InChI is InChI=1S/C10H15N5S/c1-7-12-8(6-16-7)5-10(13-11)9-3-4-15(2)14-9/h3-4,6,10,13H,5,11H2,1-2H3. The lowest BCUT2D eigenvalue weighted by molar-refractivity contribution is 0.525. The monoisotopic (exact) mass is 237 g/mol. The first-order chi connectivity index (χ1) is 7.69. The van der Waals surface area contributed by atoms with Gasteiger partial charge in [0.1, 0.15) is 0 Å². The maximum Gasteiger partial charge on any atom is 0.0897 e. The predicted octanol–water partition coefficient (Wildman–Crippen LogP) is 0.932. The Morgan fingerprint density at radius 3 is 2.94 bits per heavy atom. The molecule has 5 nitrogen and oxygen atoms in total. The third-order valence-corrected chi connectivity index (χ3v) is 3.19. The van der Waals surface area contributed by atoms with E-state index in [1.54, 1.807) is 16.0 Å². The molecule has 0 aliphatic heterocycles. The van der Waals surface area contributed by atoms with Crippen molar-refractivity contribution >= 4 is 11.3 Å². The average Bonchev–Trinajstić information content (AvgIpc) is 2.84. The van der Waals surface area contributed by atoms with E-state index < -0.39 is 0 Å². The molecule has 2 heterocycles. The molecule has 1 atom stereocenters. The molecule has 3 N–H and O–H groups in total. The zero-order chi connectivity index (χ0) is 11.5. The van der Waals surface area contributed by atoms with Crippen LogP contribution in [0.25, 0.3) is 0 Å². The van der Waals surface area contributed by atoms with Crippen LogP contribution in [0.3, 0.4) is 0 Å². The summed E-state index contributed by atoms with van der Waals surface area (Å²) in [6, 6.07) is 1.98. The molecule has 1 unspecified atom stereocenters. The molecule has 0 spiro atoms. The van der Waals surface area contributed by atoms with Crippen molar-refractivity contribution in [3.8, 4) is 0 Å². The second-order valence-electron chi connectivity index (χ2n) is 3.70. The van der Waals surface area contributed by atoms with E-state index in [4.69, 9.17) is 5.84 Å². The Bertz CT molecular complexity index is 461. The van der Waals surface area contributed by atoms with Crippen LogP contribution in [-0.2, 0) is 13.5 Å². The van der Waals surface area contributed by atoms with Gasteiger partial charge in [0.15, 0.2) is 0 Å². The molecule has 0 bridgehead atoms. The molecule has 0 fully saturated rings. The number of nitrogens with one attached hydrogen (secondary N) is 1. The second-order valence-corrected chi connectivity index (χ2v) is 4.76. The summed E-state index contributed by atoms with van der Waals surface area (Å²) in [6.45, 7) is 2.00. The molecule has 86 valence electrons. The highest BCUT2D eigenvalue weighted by atomic mass is 32.1. The van der Waals surface area contributed by atoms with Gasteiger partial charge < -0.3 is 0 Å². The van der Waals surface area contributed by atoms with Crippen LogP contribution in [0.15, 0.2) is 17.6 Å². The van der Waals surface area contributed by atoms with Crippen LogP contribution < -0.4 is 11.3 Å². The Morgan fingerprint density at radius 1 is 1.62 bits per heavy atom. The zero-order valence-corrected chi connectivity index (χ0v) is 10.2. The number of hydrogen-bond donors (Lipinski definition) is 2. The quantitative estimate of drug-likeness (QED) is 0.613. The highest BCUT2D eigenvalue weighted by Crippen LogP contribution is 2.17. The molecular weight excluding hydrogens is 222 g/mol. The Kier molecular flexibility index (Phi) is 3.33. The van der Waals surface area contributed by atoms with Crippen molar-refractivity contribution in [1.82, 2.24) is 20.2 Å². The molecule has 0 saturated carbocycles. The van der Waals surface area contributed by atoms with Crippen LogP contribution in [-0.4, -0.2) is 14.8 Å². The van der Waals surface area contributed by atoms with Crippen molar-refractivity contribution in [1.29, 1.82) is 0 Å². The summed E-state index contributed by atoms with van der Waals surface area (Å²) in [5.74, 6) is 5.55. The van der Waals surface area contributed by atoms with Crippen molar-refractivity contribution < 1.29 is 0 Å². The van der Waals surface area contributed by atoms with E-state index in [9.17, 15) is 0 Å². The fraction of sp³-hybridized carbons (Fsp3) is 0.400. The molecule has 0 aliphatic rings. The minimum Gasteiger partial charge on any atom is -0.275 e. The molecule has 0 saturated heterocycles. The van der Waals surface area contributed by atoms with Gasteiger partial charge in [0, 0.05) is 25.0 Å². The molecule has 2 rings (SSSR count). The SMILES string of the molecule is Cc1nc(CC(NN)c2ccn(C)n2)cs1. The number of thiazole rings is 1. The van der Waals surface area contributed by atoms with E-state index in [-0.39, 0.29) is 6.04 Å². The lowest BCUT2D eigenvalue weighted by Crippen LogP contribution is -2.30. The van der Waals surface area contributed by atoms with Gasteiger partial charge in [-0.1, -0.05) is 0 Å². The molecule has 0 aromatic carbocycles. The fourth-order valence-electron chi connectivity index (χ4n) is 1.58. The van der Waals surface area contributed by atoms with Crippen molar-refractivity contribution in [3.05, 3.63) is 34.0 Å². The number of aryl methyl sites for hydroxylation is 2. The van der Waals surface area contributed by atoms with E-state index in [2.05, 4.69) is 20.9 Å². The summed E-state index contributed by atoms with van der Waals surface area (Å²) in [7, 11) is 1.89. The summed E-state index contributed by atoms with van der Waals surface area (Å²) in [5.41, 5.74) is 4.77. The summed E-state index contributed by atoms with van der Waals surface area (Å²) in [4.78, 5) is 4.42. The molecule has 6 heteroatoms. The van der Waals surface area contributed by atoms with Gasteiger partial charge in [0.05, 0.1) is 22.4 Å². The number of rotatable bonds is 4. The van der Waals surface area contributed by atoms with Crippen LogP contribution in [0.5, 0.6) is 0 Å². The number of hydrazine groups is 1. The Hall–Kier alpha value is -1.24. The largest absolute Gasteiger partial charge is 0.275 e. The minimum atomic E-state index is 0.0164. The number of nitrogens with zero attached hydrogens (tertiary/aromatic N) is 3. The molecular formula is C10H15N5S. The Morgan fingerprint density at radius 2 is 2.44 bits per heavy atom. The van der Waals surface area contributed by atoms with Crippen LogP contribution in [0, 0.1) is 6.92 Å². The molecule has 0 aliphatic carbocycles. The van der Waals surface area contributed by atoms with Gasteiger partial charge in [-0.3, -0.25) is 16.0 Å². The second kappa shape index (κ2) is 4.73. The van der Waals surface area contributed by atoms with Gasteiger partial charge in [-0.25, -0.2) is 4.98 Å². The topological polar surface area (TPSA) is 68.8 Å². The summed E-state index contributed by atoms with van der Waals surface area (Å²) >= 11 is 1.65. The van der Waals surface area contributed by atoms with Crippen LogP contribution >= 0.6 is 11.3 Å². The van der Waals surface area contributed by atoms with E-state index in [0.717, 1.165) is 22.8 Å². The van der Waals surface area contributed by atoms with Crippen LogP contribution in [0.1, 0.15) is 22.4 Å². The zero-order valence-electron chi connectivity index (χ0n) is 9.34. The van der Waals surface area contributed by atoms with Gasteiger partial charge in [0.25, 0.3) is 0 Å². The average molecular weight is 237 g/mol. The first-order valence-electron chi connectivity index (χ1n) is 5.05. The minimum absolute atomic E-state index is 0.0164. The van der Waals surface area contributed by atoms with Crippen molar-refractivity contribution in [2.45, 2.75) is 19.4 Å². The Labute approximate surface area is 98.3 Å². The summed E-state index contributed by atoms with van der Waals surface area (Å²) in [5, 5.41) is 7.47. The van der Waals surface area contributed by atoms with Gasteiger partial charge in [-0.05, 0) is 13.0 Å². The molecule has 2 aromatic rings. The lowest BCUT2D eigenvalue weighted by atomic mass is 10.1. The van der Waals surface area contributed by atoms with Gasteiger partial charge >= 0.3 is 0 Å². The highest BCUT2D eigenvalue weighted by Gasteiger charge is 2.14. The molecule has 16 heavy (non-hydrogen) atoms. The van der Waals surface area contributed by atoms with Gasteiger partial charge in [-0.2, -0.15) is 5.10 Å². The summed E-state index contributed by atoms with van der Waals surface area (Å²) < 4.78 is 1.77. The highest BCUT2D eigenvalue weighted by molar-refractivity contribution is 7.09. The van der Waals surface area contributed by atoms with Gasteiger partial charge in [0.2, 0.25) is 0 Å². The third-order valence-electron chi connectivity index (χ3n) is 2.37. The van der Waals surface area contributed by atoms with Crippen LogP contribution in [0.4, 0.5) is 0 Å². The number of hydrogen-bond acceptors (Lipinski definition) is 5. The van der Waals surface area contributed by atoms with E-state index in [0.29, 0.717) is 0 Å². The van der Waals surface area contributed by atoms with Crippen molar-refractivity contribution in [2.75, 3.05) is 0 Å². The van der Waals surface area contributed by atoms with Gasteiger partial charge in [-0.15, -0.1) is 11.3 Å². The Balaban J connectivity index is 2.12. The summed E-state index contributed by atoms with van der Waals surface area (Å²) in [6.07, 6.45) is 2.67. The normalized spacial score (nSPS) is 12.9. The maximum absolute atomic E-state index is 5.55. The first kappa shape index (κ1) is 11.3. The predicted molar refractivity (Wildman–Crippen MR) is 63.8 cm³/mol. The first-order valence-corrected chi connectivity index (χ1v) is 5.93. The third kappa shape index (κ3) is 2.46. The molecule has 0 amide bonds. The molecule has 2 aromatic heterocycles. The number of nitrogens with two attached hydrogens (primary N) is 1. The van der Waals surface area contributed by atoms with Crippen molar-refractivity contribution in [3.63, 3.8) is 0 Å². The van der Waals surface area contributed by atoms with Crippen molar-refractivity contribution in [2.24, 2.45) is 12.9 Å². The van der Waals surface area contributed by atoms with E-state index in [1.165, 1.54) is 0 Å². The maximum atomic E-state index is 5.55. The fourth-order valence-corrected chi connectivity index (χ4v) is 2.20. The van der Waals surface area contributed by atoms with Crippen LogP contribution in [0.2, 0.25) is 0 Å². The van der Waals surface area contributed by atoms with E-state index in [1.807, 2.05) is 26.2 Å². The smallest absolute Gasteiger partial charge is 0.0897 e.